The molecule has 0 aromatic heterocycles. The van der Waals surface area contributed by atoms with E-state index in [0.29, 0.717) is 12.0 Å². The van der Waals surface area contributed by atoms with Crippen molar-refractivity contribution in [3.05, 3.63) is 0 Å². The third kappa shape index (κ3) is 1.57. The molecule has 0 N–H and O–H groups in total. The Morgan fingerprint density at radius 1 is 1.45 bits per heavy atom. The first-order valence-electron chi connectivity index (χ1n) is 4.27. The summed E-state index contributed by atoms with van der Waals surface area (Å²) in [6.07, 6.45) is 1.34. The quantitative estimate of drug-likeness (QED) is 0.579. The van der Waals surface area contributed by atoms with E-state index < -0.39 is 0 Å². The van der Waals surface area contributed by atoms with Gasteiger partial charge in [-0.05, 0) is 20.3 Å². The highest BCUT2D eigenvalue weighted by Crippen LogP contribution is 2.32. The number of hydrogen-bond donors (Lipinski definition) is 0. The summed E-state index contributed by atoms with van der Waals surface area (Å²) in [5.74, 6) is 0.487. The Morgan fingerprint density at radius 2 is 2.09 bits per heavy atom. The Morgan fingerprint density at radius 3 is 2.55 bits per heavy atom. The van der Waals surface area contributed by atoms with E-state index in [1.807, 2.05) is 0 Å². The zero-order valence-electron chi connectivity index (χ0n) is 7.89. The molecular weight excluding hydrogens is 140 g/mol. The summed E-state index contributed by atoms with van der Waals surface area (Å²) in [4.78, 5) is 0. The summed E-state index contributed by atoms with van der Waals surface area (Å²) < 4.78 is 11.0. The van der Waals surface area contributed by atoms with Gasteiger partial charge in [-0.1, -0.05) is 6.92 Å². The van der Waals surface area contributed by atoms with Gasteiger partial charge in [0.15, 0.2) is 0 Å². The van der Waals surface area contributed by atoms with Gasteiger partial charge in [-0.25, -0.2) is 0 Å². The molecule has 3 atom stereocenters. The van der Waals surface area contributed by atoms with E-state index in [0.717, 1.165) is 13.0 Å². The molecule has 0 radical (unpaired) electrons. The average Bonchev–Trinajstić information content (AvgIpc) is 2.00. The van der Waals surface area contributed by atoms with Gasteiger partial charge in [-0.3, -0.25) is 0 Å². The molecule has 2 heteroatoms. The van der Waals surface area contributed by atoms with Crippen molar-refractivity contribution in [2.75, 3.05) is 13.7 Å². The highest BCUT2D eigenvalue weighted by molar-refractivity contribution is 4.87. The molecule has 0 aromatic rings. The number of rotatable bonds is 1. The monoisotopic (exact) mass is 158 g/mol. The fourth-order valence-corrected chi connectivity index (χ4v) is 1.60. The van der Waals surface area contributed by atoms with Gasteiger partial charge < -0.3 is 9.47 Å². The highest BCUT2D eigenvalue weighted by atomic mass is 16.5. The Labute approximate surface area is 68.9 Å². The first-order valence-corrected chi connectivity index (χ1v) is 4.27. The van der Waals surface area contributed by atoms with E-state index in [2.05, 4.69) is 20.8 Å². The van der Waals surface area contributed by atoms with Crippen LogP contribution in [0.5, 0.6) is 0 Å². The van der Waals surface area contributed by atoms with Crippen molar-refractivity contribution in [2.24, 2.45) is 5.92 Å². The van der Waals surface area contributed by atoms with Gasteiger partial charge in [-0.2, -0.15) is 0 Å². The molecule has 11 heavy (non-hydrogen) atoms. The van der Waals surface area contributed by atoms with Gasteiger partial charge >= 0.3 is 0 Å². The summed E-state index contributed by atoms with van der Waals surface area (Å²) in [5.41, 5.74) is 0.0255. The average molecular weight is 158 g/mol. The fraction of sp³-hybridized carbons (Fsp3) is 1.00. The molecule has 0 spiro atoms. The van der Waals surface area contributed by atoms with Crippen LogP contribution in [-0.4, -0.2) is 25.4 Å². The van der Waals surface area contributed by atoms with Crippen molar-refractivity contribution < 1.29 is 9.47 Å². The summed E-state index contributed by atoms with van der Waals surface area (Å²) in [6.45, 7) is 7.29. The molecule has 2 nitrogen and oxygen atoms in total. The summed E-state index contributed by atoms with van der Waals surface area (Å²) in [7, 11) is 1.79. The predicted octanol–water partition coefficient (Wildman–Crippen LogP) is 1.84. The molecular formula is C9H18O2. The van der Waals surface area contributed by atoms with Crippen molar-refractivity contribution in [3.8, 4) is 0 Å². The Balaban J connectivity index is 2.64. The molecule has 0 bridgehead atoms. The second-order valence-corrected chi connectivity index (χ2v) is 3.63. The lowest BCUT2D eigenvalue weighted by molar-refractivity contribution is -0.148. The van der Waals surface area contributed by atoms with Crippen LogP contribution in [0, 0.1) is 5.92 Å². The lowest BCUT2D eigenvalue weighted by atomic mass is 9.82. The Kier molecular flexibility index (Phi) is 2.55. The SMILES string of the molecule is COC1(C)CCOC(C)[C@@H]1C. The van der Waals surface area contributed by atoms with E-state index in [4.69, 9.17) is 9.47 Å². The maximum Gasteiger partial charge on any atom is 0.0722 e. The summed E-state index contributed by atoms with van der Waals surface area (Å²) >= 11 is 0. The van der Waals surface area contributed by atoms with Gasteiger partial charge in [-0.15, -0.1) is 0 Å². The number of methoxy groups -OCH3 is 1. The largest absolute Gasteiger partial charge is 0.378 e. The van der Waals surface area contributed by atoms with E-state index in [1.54, 1.807) is 7.11 Å². The van der Waals surface area contributed by atoms with Crippen LogP contribution in [0.4, 0.5) is 0 Å². The molecule has 0 saturated carbocycles. The van der Waals surface area contributed by atoms with Crippen molar-refractivity contribution >= 4 is 0 Å². The van der Waals surface area contributed by atoms with Crippen LogP contribution in [0.15, 0.2) is 0 Å². The summed E-state index contributed by atoms with van der Waals surface area (Å²) in [6, 6.07) is 0. The van der Waals surface area contributed by atoms with Crippen LogP contribution in [-0.2, 0) is 9.47 Å². The third-order valence-corrected chi connectivity index (χ3v) is 3.11. The lowest BCUT2D eigenvalue weighted by Gasteiger charge is -2.42. The van der Waals surface area contributed by atoms with Crippen molar-refractivity contribution in [1.82, 2.24) is 0 Å². The molecule has 0 amide bonds. The summed E-state index contributed by atoms with van der Waals surface area (Å²) in [5, 5.41) is 0. The molecule has 0 aliphatic carbocycles. The molecule has 1 saturated heterocycles. The smallest absolute Gasteiger partial charge is 0.0722 e. The fourth-order valence-electron chi connectivity index (χ4n) is 1.60. The third-order valence-electron chi connectivity index (χ3n) is 3.11. The van der Waals surface area contributed by atoms with Gasteiger partial charge in [0.05, 0.1) is 11.7 Å². The van der Waals surface area contributed by atoms with E-state index >= 15 is 0 Å². The Bertz CT molecular complexity index is 136. The van der Waals surface area contributed by atoms with Crippen LogP contribution >= 0.6 is 0 Å². The molecule has 1 heterocycles. The van der Waals surface area contributed by atoms with Gasteiger partial charge in [0.25, 0.3) is 0 Å². The molecule has 1 aliphatic heterocycles. The van der Waals surface area contributed by atoms with E-state index in [1.165, 1.54) is 0 Å². The van der Waals surface area contributed by atoms with Gasteiger partial charge in [0.2, 0.25) is 0 Å². The first kappa shape index (κ1) is 9.01. The van der Waals surface area contributed by atoms with Crippen LogP contribution in [0.25, 0.3) is 0 Å². The second kappa shape index (κ2) is 3.11. The zero-order chi connectivity index (χ0) is 8.48. The maximum absolute atomic E-state index is 5.51. The minimum atomic E-state index is 0.0255. The van der Waals surface area contributed by atoms with Crippen LogP contribution in [0.1, 0.15) is 27.2 Å². The van der Waals surface area contributed by atoms with Crippen molar-refractivity contribution in [3.63, 3.8) is 0 Å². The lowest BCUT2D eigenvalue weighted by Crippen LogP contribution is -2.46. The highest BCUT2D eigenvalue weighted by Gasteiger charge is 2.38. The van der Waals surface area contributed by atoms with E-state index in [-0.39, 0.29) is 5.60 Å². The predicted molar refractivity (Wildman–Crippen MR) is 44.6 cm³/mol. The van der Waals surface area contributed by atoms with Crippen molar-refractivity contribution in [1.29, 1.82) is 0 Å². The van der Waals surface area contributed by atoms with Crippen LogP contribution < -0.4 is 0 Å². The topological polar surface area (TPSA) is 18.5 Å². The Hall–Kier alpha value is -0.0800. The molecule has 0 aromatic carbocycles. The number of ether oxygens (including phenoxy) is 2. The van der Waals surface area contributed by atoms with Gasteiger partial charge in [0, 0.05) is 19.6 Å². The molecule has 1 fully saturated rings. The maximum atomic E-state index is 5.51. The van der Waals surface area contributed by atoms with Gasteiger partial charge in [0.1, 0.15) is 0 Å². The zero-order valence-corrected chi connectivity index (χ0v) is 7.89. The molecule has 66 valence electrons. The molecule has 2 unspecified atom stereocenters. The molecule has 1 rings (SSSR count). The van der Waals surface area contributed by atoms with Crippen LogP contribution in [0.2, 0.25) is 0 Å². The van der Waals surface area contributed by atoms with E-state index in [9.17, 15) is 0 Å². The first-order chi connectivity index (χ1) is 5.10. The second-order valence-electron chi connectivity index (χ2n) is 3.63. The van der Waals surface area contributed by atoms with Crippen LogP contribution in [0.3, 0.4) is 0 Å². The minimum absolute atomic E-state index is 0.0255. The standard InChI is InChI=1S/C9H18O2/c1-7-8(2)11-6-5-9(7,3)10-4/h7-8H,5-6H2,1-4H3/t7-,8?,9?/m0/s1. The van der Waals surface area contributed by atoms with Crippen molar-refractivity contribution in [2.45, 2.75) is 38.9 Å². The number of hydrogen-bond acceptors (Lipinski definition) is 2. The minimum Gasteiger partial charge on any atom is -0.378 e. The molecule has 1 aliphatic rings. The normalized spacial score (nSPS) is 45.8.